The van der Waals surface area contributed by atoms with Gasteiger partial charge in [0.2, 0.25) is 10.1 Å². The molecule has 0 aliphatic heterocycles. The zero-order valence-electron chi connectivity index (χ0n) is 12.5. The predicted molar refractivity (Wildman–Crippen MR) is 85.4 cm³/mol. The van der Waals surface area contributed by atoms with E-state index >= 15 is 0 Å². The largest absolute Gasteiger partial charge is 0.445 e. The molecule has 0 atom stereocenters. The van der Waals surface area contributed by atoms with Crippen LogP contribution in [0.1, 0.15) is 20.2 Å². The molecule has 2 heterocycles. The minimum Gasteiger partial charge on any atom is -0.380 e. The first-order chi connectivity index (χ1) is 11.8. The van der Waals surface area contributed by atoms with Crippen LogP contribution in [0.25, 0.3) is 10.1 Å². The van der Waals surface area contributed by atoms with Crippen LogP contribution in [-0.2, 0) is 17.5 Å². The molecule has 1 aromatic carbocycles. The molecular weight excluding hydrogens is 382 g/mol. The van der Waals surface area contributed by atoms with Crippen molar-refractivity contribution < 1.29 is 27.1 Å². The van der Waals surface area contributed by atoms with Crippen molar-refractivity contribution in [3.05, 3.63) is 39.5 Å². The predicted octanol–water partition coefficient (Wildman–Crippen LogP) is 4.31. The summed E-state index contributed by atoms with van der Waals surface area (Å²) in [5.74, 6) is -1.20. The van der Waals surface area contributed by atoms with Crippen LogP contribution in [-0.4, -0.2) is 23.2 Å². The molecular formula is C14H9F4N3O2S2. The van der Waals surface area contributed by atoms with Gasteiger partial charge in [0.05, 0.1) is 11.5 Å². The first-order valence-corrected chi connectivity index (χ1v) is 8.35. The van der Waals surface area contributed by atoms with E-state index in [4.69, 9.17) is 4.74 Å². The van der Waals surface area contributed by atoms with Gasteiger partial charge in [-0.3, -0.25) is 10.1 Å². The molecule has 1 N–H and O–H groups in total. The number of fused-ring (bicyclic) bond motifs is 1. The summed E-state index contributed by atoms with van der Waals surface area (Å²) < 4.78 is 57.3. The number of thiophene rings is 1. The lowest BCUT2D eigenvalue weighted by atomic mass is 10.1. The van der Waals surface area contributed by atoms with Gasteiger partial charge in [-0.1, -0.05) is 17.4 Å². The number of benzene rings is 1. The SMILES string of the molecule is COCc1c(C(=O)Nc2nnc(C(F)(F)F)s2)sc2cccc(F)c12. The van der Waals surface area contributed by atoms with Crippen molar-refractivity contribution >= 4 is 43.8 Å². The van der Waals surface area contributed by atoms with Gasteiger partial charge in [0.15, 0.2) is 0 Å². The third kappa shape index (κ3) is 3.48. The summed E-state index contributed by atoms with van der Waals surface area (Å²) in [5, 5.41) is 7.38. The molecule has 1 amide bonds. The number of hydrogen-bond donors (Lipinski definition) is 1. The van der Waals surface area contributed by atoms with E-state index in [9.17, 15) is 22.4 Å². The molecule has 0 saturated heterocycles. The highest BCUT2D eigenvalue weighted by molar-refractivity contribution is 7.21. The Bertz CT molecular complexity index is 936. The molecule has 5 nitrogen and oxygen atoms in total. The van der Waals surface area contributed by atoms with Crippen molar-refractivity contribution in [3.8, 4) is 0 Å². The van der Waals surface area contributed by atoms with Gasteiger partial charge in [0, 0.05) is 22.8 Å². The molecule has 11 heteroatoms. The van der Waals surface area contributed by atoms with Crippen LogP contribution in [0, 0.1) is 5.82 Å². The van der Waals surface area contributed by atoms with Gasteiger partial charge in [-0.25, -0.2) is 4.39 Å². The van der Waals surface area contributed by atoms with Gasteiger partial charge in [-0.15, -0.1) is 21.5 Å². The Balaban J connectivity index is 1.95. The number of ether oxygens (including phenoxy) is 1. The Morgan fingerprint density at radius 2 is 2.04 bits per heavy atom. The molecule has 0 fully saturated rings. The summed E-state index contributed by atoms with van der Waals surface area (Å²) in [6.45, 7) is -0.0202. The van der Waals surface area contributed by atoms with Crippen molar-refractivity contribution in [2.75, 3.05) is 12.4 Å². The average Bonchev–Trinajstić information content (AvgIpc) is 3.13. The minimum absolute atomic E-state index is 0.0202. The molecule has 3 aromatic rings. The summed E-state index contributed by atoms with van der Waals surface area (Å²) in [7, 11) is 1.40. The van der Waals surface area contributed by atoms with E-state index in [0.717, 1.165) is 11.3 Å². The van der Waals surface area contributed by atoms with E-state index in [1.54, 1.807) is 6.07 Å². The lowest BCUT2D eigenvalue weighted by Crippen LogP contribution is -2.12. The second kappa shape index (κ2) is 6.65. The van der Waals surface area contributed by atoms with Crippen LogP contribution in [0.5, 0.6) is 0 Å². The minimum atomic E-state index is -4.64. The number of methoxy groups -OCH3 is 1. The van der Waals surface area contributed by atoms with E-state index in [-0.39, 0.29) is 33.3 Å². The number of hydrogen-bond acceptors (Lipinski definition) is 6. The van der Waals surface area contributed by atoms with Crippen LogP contribution < -0.4 is 5.32 Å². The molecule has 0 aliphatic carbocycles. The van der Waals surface area contributed by atoms with Crippen molar-refractivity contribution in [2.45, 2.75) is 12.8 Å². The highest BCUT2D eigenvalue weighted by atomic mass is 32.1. The second-order valence-electron chi connectivity index (χ2n) is 4.82. The maximum atomic E-state index is 14.1. The topological polar surface area (TPSA) is 64.1 Å². The Morgan fingerprint density at radius 3 is 2.68 bits per heavy atom. The van der Waals surface area contributed by atoms with Crippen LogP contribution in [0.2, 0.25) is 0 Å². The standard InChI is InChI=1S/C14H9F4N3O2S2/c1-23-5-6-9-7(15)3-2-4-8(9)24-10(6)11(22)19-13-21-20-12(25-13)14(16,17)18/h2-4H,5H2,1H3,(H,19,21,22). The molecule has 0 radical (unpaired) electrons. The van der Waals surface area contributed by atoms with Crippen LogP contribution >= 0.6 is 22.7 Å². The Kier molecular flexibility index (Phi) is 4.71. The summed E-state index contributed by atoms with van der Waals surface area (Å²) in [6, 6.07) is 4.41. The van der Waals surface area contributed by atoms with E-state index in [2.05, 4.69) is 15.5 Å². The molecule has 2 aromatic heterocycles. The molecule has 132 valence electrons. The Morgan fingerprint density at radius 1 is 1.28 bits per heavy atom. The number of aromatic nitrogens is 2. The number of alkyl halides is 3. The van der Waals surface area contributed by atoms with Crippen LogP contribution in [0.4, 0.5) is 22.7 Å². The average molecular weight is 391 g/mol. The van der Waals surface area contributed by atoms with Crippen LogP contribution in [0.3, 0.4) is 0 Å². The number of nitrogens with one attached hydrogen (secondary N) is 1. The van der Waals surface area contributed by atoms with Crippen molar-refractivity contribution in [3.63, 3.8) is 0 Å². The van der Waals surface area contributed by atoms with Gasteiger partial charge in [0.25, 0.3) is 5.91 Å². The van der Waals surface area contributed by atoms with Gasteiger partial charge in [-0.2, -0.15) is 13.2 Å². The maximum Gasteiger partial charge on any atom is 0.445 e. The van der Waals surface area contributed by atoms with Gasteiger partial charge in [-0.05, 0) is 12.1 Å². The highest BCUT2D eigenvalue weighted by Gasteiger charge is 2.36. The quantitative estimate of drug-likeness (QED) is 0.673. The van der Waals surface area contributed by atoms with Crippen molar-refractivity contribution in [2.24, 2.45) is 0 Å². The lowest BCUT2D eigenvalue weighted by Gasteiger charge is -2.04. The Hall–Kier alpha value is -2.11. The van der Waals surface area contributed by atoms with Gasteiger partial charge < -0.3 is 4.74 Å². The smallest absolute Gasteiger partial charge is 0.380 e. The number of carbonyl (C=O) groups excluding carboxylic acids is 1. The van der Waals surface area contributed by atoms with E-state index in [1.165, 1.54) is 19.2 Å². The fraction of sp³-hybridized carbons (Fsp3) is 0.214. The molecule has 0 unspecified atom stereocenters. The molecule has 0 aliphatic rings. The molecule has 0 bridgehead atoms. The summed E-state index contributed by atoms with van der Waals surface area (Å²) in [6.07, 6.45) is -4.64. The maximum absolute atomic E-state index is 14.1. The third-order valence-corrected chi connectivity index (χ3v) is 5.23. The molecule has 0 spiro atoms. The lowest BCUT2D eigenvalue weighted by molar-refractivity contribution is -0.138. The zero-order chi connectivity index (χ0) is 18.2. The summed E-state index contributed by atoms with van der Waals surface area (Å²) in [4.78, 5) is 12.6. The monoisotopic (exact) mass is 391 g/mol. The number of carbonyl (C=O) groups is 1. The van der Waals surface area contributed by atoms with E-state index in [1.807, 2.05) is 0 Å². The molecule has 25 heavy (non-hydrogen) atoms. The number of amides is 1. The highest BCUT2D eigenvalue weighted by Crippen LogP contribution is 2.36. The number of rotatable bonds is 4. The van der Waals surface area contributed by atoms with Crippen molar-refractivity contribution in [1.82, 2.24) is 10.2 Å². The van der Waals surface area contributed by atoms with Gasteiger partial charge >= 0.3 is 6.18 Å². The van der Waals surface area contributed by atoms with E-state index < -0.39 is 22.9 Å². The van der Waals surface area contributed by atoms with Gasteiger partial charge in [0.1, 0.15) is 5.82 Å². The summed E-state index contributed by atoms with van der Waals surface area (Å²) >= 11 is 1.23. The first kappa shape index (κ1) is 17.7. The first-order valence-electron chi connectivity index (χ1n) is 6.72. The Labute approximate surface area is 146 Å². The molecule has 0 saturated carbocycles. The number of nitrogens with zero attached hydrogens (tertiary/aromatic N) is 2. The fourth-order valence-electron chi connectivity index (χ4n) is 2.17. The van der Waals surface area contributed by atoms with Crippen molar-refractivity contribution in [1.29, 1.82) is 0 Å². The molecule has 3 rings (SSSR count). The number of anilines is 1. The zero-order valence-corrected chi connectivity index (χ0v) is 14.1. The van der Waals surface area contributed by atoms with Crippen LogP contribution in [0.15, 0.2) is 18.2 Å². The van der Waals surface area contributed by atoms with E-state index in [0.29, 0.717) is 10.3 Å². The fourth-order valence-corrected chi connectivity index (χ4v) is 3.90. The second-order valence-corrected chi connectivity index (χ2v) is 6.85. The summed E-state index contributed by atoms with van der Waals surface area (Å²) in [5.41, 5.74) is 0.332. The third-order valence-electron chi connectivity index (χ3n) is 3.15. The number of halogens is 4. The normalized spacial score (nSPS) is 11.9.